The fourth-order valence-electron chi connectivity index (χ4n) is 2.54. The second kappa shape index (κ2) is 8.46. The van der Waals surface area contributed by atoms with Crippen LogP contribution in [0.3, 0.4) is 0 Å². The van der Waals surface area contributed by atoms with Gasteiger partial charge in [-0.1, -0.05) is 48.0 Å². The van der Waals surface area contributed by atoms with Gasteiger partial charge in [0.2, 0.25) is 0 Å². The van der Waals surface area contributed by atoms with E-state index in [2.05, 4.69) is 4.72 Å². The highest BCUT2D eigenvalue weighted by Crippen LogP contribution is 2.21. The molecule has 0 saturated carbocycles. The average Bonchev–Trinajstić information content (AvgIpc) is 2.70. The van der Waals surface area contributed by atoms with Crippen LogP contribution in [0.5, 0.6) is 0 Å². The van der Waals surface area contributed by atoms with E-state index in [4.69, 9.17) is 16.3 Å². The van der Waals surface area contributed by atoms with Crippen LogP contribution in [0.2, 0.25) is 5.02 Å². The summed E-state index contributed by atoms with van der Waals surface area (Å²) in [6.45, 7) is 1.76. The van der Waals surface area contributed by atoms with Gasteiger partial charge in [-0.3, -0.25) is 4.72 Å². The summed E-state index contributed by atoms with van der Waals surface area (Å²) in [6, 6.07) is 21.3. The first-order valence-corrected chi connectivity index (χ1v) is 10.4. The van der Waals surface area contributed by atoms with Crippen molar-refractivity contribution in [1.29, 1.82) is 0 Å². The molecule has 0 aliphatic rings. The number of benzene rings is 3. The van der Waals surface area contributed by atoms with Crippen molar-refractivity contribution < 1.29 is 17.9 Å². The molecule has 0 spiro atoms. The smallest absolute Gasteiger partial charge is 0.338 e. The Kier molecular flexibility index (Phi) is 6.02. The van der Waals surface area contributed by atoms with E-state index in [1.807, 2.05) is 30.3 Å². The predicted octanol–water partition coefficient (Wildman–Crippen LogP) is 5.06. The molecule has 28 heavy (non-hydrogen) atoms. The quantitative estimate of drug-likeness (QED) is 0.571. The van der Waals surface area contributed by atoms with Gasteiger partial charge in [0.05, 0.1) is 10.5 Å². The van der Waals surface area contributed by atoms with Crippen molar-refractivity contribution in [3.8, 4) is 0 Å². The second-order valence-corrected chi connectivity index (χ2v) is 8.22. The number of nitrogens with one attached hydrogen (secondary N) is 1. The molecule has 1 N–H and O–H groups in total. The zero-order valence-electron chi connectivity index (χ0n) is 15.0. The number of sulfonamides is 1. The number of carbonyl (C=O) groups excluding carboxylic acids is 1. The van der Waals surface area contributed by atoms with Crippen LogP contribution >= 0.6 is 11.6 Å². The normalized spacial score (nSPS) is 12.2. The molecule has 7 heteroatoms. The van der Waals surface area contributed by atoms with Crippen LogP contribution in [-0.2, 0) is 14.8 Å². The molecule has 0 bridgehead atoms. The summed E-state index contributed by atoms with van der Waals surface area (Å²) in [7, 11) is -3.86. The maximum absolute atomic E-state index is 12.6. The maximum atomic E-state index is 12.6. The fraction of sp³-hybridized carbons (Fsp3) is 0.0952. The van der Waals surface area contributed by atoms with Crippen LogP contribution in [0.1, 0.15) is 28.9 Å². The summed E-state index contributed by atoms with van der Waals surface area (Å²) >= 11 is 5.81. The number of carbonyl (C=O) groups is 1. The number of halogens is 1. The Balaban J connectivity index is 1.77. The summed E-state index contributed by atoms with van der Waals surface area (Å²) in [5.41, 5.74) is 1.38. The van der Waals surface area contributed by atoms with Gasteiger partial charge in [0.25, 0.3) is 10.0 Å². The van der Waals surface area contributed by atoms with Crippen molar-refractivity contribution in [2.24, 2.45) is 0 Å². The van der Waals surface area contributed by atoms with E-state index >= 15 is 0 Å². The monoisotopic (exact) mass is 415 g/mol. The van der Waals surface area contributed by atoms with Gasteiger partial charge in [-0.05, 0) is 55.0 Å². The van der Waals surface area contributed by atoms with E-state index in [0.29, 0.717) is 10.7 Å². The molecule has 0 saturated heterocycles. The summed E-state index contributed by atoms with van der Waals surface area (Å²) in [5.74, 6) is -0.597. The number of hydrogen-bond donors (Lipinski definition) is 1. The standard InChI is InChI=1S/C21H18ClNO4S/c1-15(16-6-3-2-4-7-16)27-21(24)17-8-5-9-20(14-17)28(25,26)23-19-12-10-18(22)11-13-19/h2-15,23H,1H3/t15-/m0/s1. The molecular weight excluding hydrogens is 398 g/mol. The van der Waals surface area contributed by atoms with Gasteiger partial charge in [-0.15, -0.1) is 0 Å². The Morgan fingerprint density at radius 3 is 2.32 bits per heavy atom. The van der Waals surface area contributed by atoms with Crippen LogP contribution in [0.15, 0.2) is 83.8 Å². The maximum Gasteiger partial charge on any atom is 0.338 e. The largest absolute Gasteiger partial charge is 0.454 e. The third kappa shape index (κ3) is 4.91. The summed E-state index contributed by atoms with van der Waals surface area (Å²) in [6.07, 6.45) is -0.457. The Morgan fingerprint density at radius 1 is 0.964 bits per heavy atom. The lowest BCUT2D eigenvalue weighted by Crippen LogP contribution is -2.14. The molecule has 5 nitrogen and oxygen atoms in total. The third-order valence-corrected chi connectivity index (χ3v) is 5.66. The summed E-state index contributed by atoms with van der Waals surface area (Å²) < 4.78 is 33.1. The fourth-order valence-corrected chi connectivity index (χ4v) is 3.77. The van der Waals surface area contributed by atoms with Crippen LogP contribution in [0, 0.1) is 0 Å². The number of rotatable bonds is 6. The number of hydrogen-bond acceptors (Lipinski definition) is 4. The van der Waals surface area contributed by atoms with Gasteiger partial charge < -0.3 is 4.74 Å². The molecule has 0 radical (unpaired) electrons. The van der Waals surface area contributed by atoms with E-state index < -0.39 is 22.1 Å². The first kappa shape index (κ1) is 19.9. The Bertz CT molecular complexity index is 1070. The third-order valence-electron chi connectivity index (χ3n) is 4.03. The lowest BCUT2D eigenvalue weighted by molar-refractivity contribution is 0.0337. The van der Waals surface area contributed by atoms with E-state index in [0.717, 1.165) is 5.56 Å². The van der Waals surface area contributed by atoms with Crippen molar-refractivity contribution >= 4 is 33.3 Å². The molecule has 0 unspecified atom stereocenters. The molecule has 0 aromatic heterocycles. The highest BCUT2D eigenvalue weighted by atomic mass is 35.5. The minimum absolute atomic E-state index is 0.0377. The van der Waals surface area contributed by atoms with Gasteiger partial charge in [-0.25, -0.2) is 13.2 Å². The molecule has 0 aliphatic carbocycles. The van der Waals surface area contributed by atoms with E-state index in [-0.39, 0.29) is 10.5 Å². The van der Waals surface area contributed by atoms with Gasteiger partial charge in [-0.2, -0.15) is 0 Å². The number of ether oxygens (including phenoxy) is 1. The van der Waals surface area contributed by atoms with Crippen molar-refractivity contribution in [3.05, 3.63) is 95.0 Å². The lowest BCUT2D eigenvalue weighted by atomic mass is 10.1. The summed E-state index contributed by atoms with van der Waals surface area (Å²) in [5, 5.41) is 0.500. The number of anilines is 1. The first-order chi connectivity index (χ1) is 13.3. The molecule has 144 valence electrons. The van der Waals surface area contributed by atoms with Gasteiger partial charge in [0.15, 0.2) is 0 Å². The van der Waals surface area contributed by atoms with Crippen molar-refractivity contribution in [3.63, 3.8) is 0 Å². The van der Waals surface area contributed by atoms with Gasteiger partial charge in [0, 0.05) is 10.7 Å². The highest BCUT2D eigenvalue weighted by Gasteiger charge is 2.19. The molecule has 0 heterocycles. The second-order valence-electron chi connectivity index (χ2n) is 6.10. The summed E-state index contributed by atoms with van der Waals surface area (Å²) in [4.78, 5) is 12.4. The Hall–Kier alpha value is -2.83. The van der Waals surface area contributed by atoms with Gasteiger partial charge >= 0.3 is 5.97 Å². The van der Waals surface area contributed by atoms with E-state index in [1.165, 1.54) is 24.3 Å². The van der Waals surface area contributed by atoms with E-state index in [9.17, 15) is 13.2 Å². The van der Waals surface area contributed by atoms with Gasteiger partial charge in [0.1, 0.15) is 6.10 Å². The lowest BCUT2D eigenvalue weighted by Gasteiger charge is -2.14. The zero-order chi connectivity index (χ0) is 20.1. The molecule has 1 atom stereocenters. The van der Waals surface area contributed by atoms with E-state index in [1.54, 1.807) is 31.2 Å². The van der Waals surface area contributed by atoms with Crippen LogP contribution in [-0.4, -0.2) is 14.4 Å². The molecule has 3 rings (SSSR count). The molecule has 0 aliphatic heterocycles. The predicted molar refractivity (Wildman–Crippen MR) is 109 cm³/mol. The van der Waals surface area contributed by atoms with Crippen LogP contribution in [0.25, 0.3) is 0 Å². The molecule has 0 amide bonds. The van der Waals surface area contributed by atoms with Crippen LogP contribution in [0.4, 0.5) is 5.69 Å². The Morgan fingerprint density at radius 2 is 1.64 bits per heavy atom. The van der Waals surface area contributed by atoms with Crippen molar-refractivity contribution in [2.75, 3.05) is 4.72 Å². The average molecular weight is 416 g/mol. The minimum Gasteiger partial charge on any atom is -0.454 e. The Labute approximate surface area is 169 Å². The van der Waals surface area contributed by atoms with Crippen molar-refractivity contribution in [2.45, 2.75) is 17.9 Å². The molecular formula is C21H18ClNO4S. The number of esters is 1. The topological polar surface area (TPSA) is 72.5 Å². The molecule has 0 fully saturated rings. The first-order valence-electron chi connectivity index (χ1n) is 8.49. The van der Waals surface area contributed by atoms with Crippen molar-refractivity contribution in [1.82, 2.24) is 0 Å². The molecule has 3 aromatic carbocycles. The zero-order valence-corrected chi connectivity index (χ0v) is 16.6. The highest BCUT2D eigenvalue weighted by molar-refractivity contribution is 7.92. The molecule has 3 aromatic rings. The van der Waals surface area contributed by atoms with Crippen LogP contribution < -0.4 is 4.72 Å². The SMILES string of the molecule is C[C@H](OC(=O)c1cccc(S(=O)(=O)Nc2ccc(Cl)cc2)c1)c1ccccc1. The minimum atomic E-state index is -3.86.